The van der Waals surface area contributed by atoms with Gasteiger partial charge in [-0.15, -0.1) is 0 Å². The summed E-state index contributed by atoms with van der Waals surface area (Å²) in [5, 5.41) is 3.39. The van der Waals surface area contributed by atoms with Gasteiger partial charge in [-0.3, -0.25) is 4.98 Å². The first-order valence-corrected chi connectivity index (χ1v) is 7.55. The van der Waals surface area contributed by atoms with Crippen LogP contribution in [0.1, 0.15) is 36.3 Å². The van der Waals surface area contributed by atoms with Crippen molar-refractivity contribution in [2.75, 3.05) is 19.0 Å². The maximum atomic E-state index is 4.60. The maximum Gasteiger partial charge on any atom is 0.0600 e. The summed E-state index contributed by atoms with van der Waals surface area (Å²) in [4.78, 5) is 6.87. The van der Waals surface area contributed by atoms with Crippen molar-refractivity contribution in [3.63, 3.8) is 0 Å². The van der Waals surface area contributed by atoms with Crippen LogP contribution in [0, 0.1) is 6.92 Å². The minimum absolute atomic E-state index is 0.383. The molecule has 0 saturated heterocycles. The Hall–Kier alpha value is -1.87. The molecule has 1 N–H and O–H groups in total. The number of aromatic nitrogens is 1. The Morgan fingerprint density at radius 3 is 2.57 bits per heavy atom. The Balaban J connectivity index is 2.25. The molecule has 3 nitrogen and oxygen atoms in total. The molecule has 0 aliphatic carbocycles. The number of benzene rings is 1. The molecule has 1 aromatic heterocycles. The lowest BCUT2D eigenvalue weighted by Crippen LogP contribution is -2.23. The average Bonchev–Trinajstić information content (AvgIpc) is 2.49. The third-order valence-electron chi connectivity index (χ3n) is 3.83. The molecule has 1 heterocycles. The first-order chi connectivity index (χ1) is 10.2. The van der Waals surface area contributed by atoms with Crippen molar-refractivity contribution in [1.29, 1.82) is 0 Å². The number of aryl methyl sites for hydroxylation is 1. The lowest BCUT2D eigenvalue weighted by Gasteiger charge is -2.26. The SMILES string of the molecule is CCC(NC)c1ccccc1N(C)Cc1cccc(C)n1. The summed E-state index contributed by atoms with van der Waals surface area (Å²) in [6, 6.07) is 15.2. The monoisotopic (exact) mass is 283 g/mol. The smallest absolute Gasteiger partial charge is 0.0600 e. The number of nitrogens with zero attached hydrogens (tertiary/aromatic N) is 2. The van der Waals surface area contributed by atoms with E-state index >= 15 is 0 Å². The first kappa shape index (κ1) is 15.5. The van der Waals surface area contributed by atoms with E-state index in [1.165, 1.54) is 11.3 Å². The van der Waals surface area contributed by atoms with Crippen LogP contribution < -0.4 is 10.2 Å². The summed E-state index contributed by atoms with van der Waals surface area (Å²) in [5.74, 6) is 0. The Kier molecular flexibility index (Phi) is 5.34. The highest BCUT2D eigenvalue weighted by Gasteiger charge is 2.14. The van der Waals surface area contributed by atoms with E-state index in [9.17, 15) is 0 Å². The first-order valence-electron chi connectivity index (χ1n) is 7.55. The molecule has 1 aromatic carbocycles. The van der Waals surface area contributed by atoms with Crippen LogP contribution in [-0.4, -0.2) is 19.1 Å². The Morgan fingerprint density at radius 2 is 1.90 bits per heavy atom. The third kappa shape index (κ3) is 3.82. The maximum absolute atomic E-state index is 4.60. The van der Waals surface area contributed by atoms with Gasteiger partial charge in [0.1, 0.15) is 0 Å². The fourth-order valence-corrected chi connectivity index (χ4v) is 2.73. The predicted octanol–water partition coefficient (Wildman–Crippen LogP) is 3.70. The van der Waals surface area contributed by atoms with Gasteiger partial charge in [0.2, 0.25) is 0 Å². The highest BCUT2D eigenvalue weighted by atomic mass is 15.1. The van der Waals surface area contributed by atoms with Crippen molar-refractivity contribution in [2.24, 2.45) is 0 Å². The zero-order valence-corrected chi connectivity index (χ0v) is 13.4. The minimum Gasteiger partial charge on any atom is -0.368 e. The lowest BCUT2D eigenvalue weighted by atomic mass is 10.0. The zero-order valence-electron chi connectivity index (χ0n) is 13.4. The molecule has 0 spiro atoms. The van der Waals surface area contributed by atoms with Crippen molar-refractivity contribution in [3.8, 4) is 0 Å². The highest BCUT2D eigenvalue weighted by Crippen LogP contribution is 2.28. The number of rotatable bonds is 6. The van der Waals surface area contributed by atoms with E-state index in [2.05, 4.69) is 65.6 Å². The summed E-state index contributed by atoms with van der Waals surface area (Å²) in [6.07, 6.45) is 1.07. The number of anilines is 1. The fourth-order valence-electron chi connectivity index (χ4n) is 2.73. The van der Waals surface area contributed by atoms with E-state index in [1.807, 2.05) is 20.0 Å². The van der Waals surface area contributed by atoms with Crippen LogP contribution in [0.25, 0.3) is 0 Å². The molecule has 21 heavy (non-hydrogen) atoms. The van der Waals surface area contributed by atoms with Gasteiger partial charge in [0, 0.05) is 24.5 Å². The van der Waals surface area contributed by atoms with Gasteiger partial charge < -0.3 is 10.2 Å². The van der Waals surface area contributed by atoms with Gasteiger partial charge in [0.05, 0.1) is 12.2 Å². The van der Waals surface area contributed by atoms with E-state index in [1.54, 1.807) is 0 Å². The summed E-state index contributed by atoms with van der Waals surface area (Å²) < 4.78 is 0. The molecule has 0 radical (unpaired) electrons. The summed E-state index contributed by atoms with van der Waals surface area (Å²) >= 11 is 0. The predicted molar refractivity (Wildman–Crippen MR) is 89.6 cm³/mol. The largest absolute Gasteiger partial charge is 0.368 e. The summed E-state index contributed by atoms with van der Waals surface area (Å²) in [5.41, 5.74) is 4.78. The molecule has 0 bridgehead atoms. The minimum atomic E-state index is 0.383. The van der Waals surface area contributed by atoms with Crippen LogP contribution in [-0.2, 0) is 6.54 Å². The highest BCUT2D eigenvalue weighted by molar-refractivity contribution is 5.54. The van der Waals surface area contributed by atoms with E-state index in [4.69, 9.17) is 0 Å². The normalized spacial score (nSPS) is 12.2. The van der Waals surface area contributed by atoms with Gasteiger partial charge in [-0.25, -0.2) is 0 Å². The average molecular weight is 283 g/mol. The molecule has 0 aliphatic heterocycles. The Bertz CT molecular complexity index is 576. The molecule has 1 unspecified atom stereocenters. The summed E-state index contributed by atoms with van der Waals surface area (Å²) in [6.45, 7) is 5.06. The fraction of sp³-hybridized carbons (Fsp3) is 0.389. The second kappa shape index (κ2) is 7.23. The van der Waals surface area contributed by atoms with Crippen LogP contribution in [0.15, 0.2) is 42.5 Å². The van der Waals surface area contributed by atoms with Gasteiger partial charge in [-0.1, -0.05) is 31.2 Å². The molecule has 3 heteroatoms. The zero-order chi connectivity index (χ0) is 15.2. The van der Waals surface area contributed by atoms with Crippen LogP contribution in [0.4, 0.5) is 5.69 Å². The van der Waals surface area contributed by atoms with E-state index in [0.29, 0.717) is 6.04 Å². The van der Waals surface area contributed by atoms with Gasteiger partial charge in [0.15, 0.2) is 0 Å². The standard InChI is InChI=1S/C18H25N3/c1-5-17(19-3)16-11-6-7-12-18(16)21(4)13-15-10-8-9-14(2)20-15/h6-12,17,19H,5,13H2,1-4H3. The molecule has 2 rings (SSSR count). The van der Waals surface area contributed by atoms with Crippen molar-refractivity contribution in [1.82, 2.24) is 10.3 Å². The molecule has 2 aromatic rings. The Morgan fingerprint density at radius 1 is 1.14 bits per heavy atom. The van der Waals surface area contributed by atoms with Crippen molar-refractivity contribution < 1.29 is 0 Å². The topological polar surface area (TPSA) is 28.2 Å². The summed E-state index contributed by atoms with van der Waals surface area (Å²) in [7, 11) is 4.15. The quantitative estimate of drug-likeness (QED) is 0.876. The van der Waals surface area contributed by atoms with Crippen LogP contribution >= 0.6 is 0 Å². The lowest BCUT2D eigenvalue weighted by molar-refractivity contribution is 0.575. The van der Waals surface area contributed by atoms with Crippen molar-refractivity contribution >= 4 is 5.69 Å². The second-order valence-corrected chi connectivity index (χ2v) is 5.43. The molecule has 0 amide bonds. The van der Waals surface area contributed by atoms with Crippen LogP contribution in [0.3, 0.4) is 0 Å². The number of pyridine rings is 1. The van der Waals surface area contributed by atoms with Crippen molar-refractivity contribution in [3.05, 3.63) is 59.4 Å². The molecule has 112 valence electrons. The second-order valence-electron chi connectivity index (χ2n) is 5.43. The van der Waals surface area contributed by atoms with Gasteiger partial charge >= 0.3 is 0 Å². The van der Waals surface area contributed by atoms with Crippen LogP contribution in [0.2, 0.25) is 0 Å². The number of para-hydroxylation sites is 1. The molecule has 1 atom stereocenters. The number of hydrogen-bond donors (Lipinski definition) is 1. The van der Waals surface area contributed by atoms with Gasteiger partial charge in [-0.2, -0.15) is 0 Å². The molecule has 0 saturated carbocycles. The molecule has 0 fully saturated rings. The Labute approximate surface area is 128 Å². The molecular weight excluding hydrogens is 258 g/mol. The van der Waals surface area contributed by atoms with Gasteiger partial charge in [-0.05, 0) is 44.2 Å². The molecular formula is C18H25N3. The van der Waals surface area contributed by atoms with Crippen molar-refractivity contribution in [2.45, 2.75) is 32.9 Å². The third-order valence-corrected chi connectivity index (χ3v) is 3.83. The van der Waals surface area contributed by atoms with Crippen LogP contribution in [0.5, 0.6) is 0 Å². The number of hydrogen-bond acceptors (Lipinski definition) is 3. The van der Waals surface area contributed by atoms with E-state index in [-0.39, 0.29) is 0 Å². The van der Waals surface area contributed by atoms with E-state index in [0.717, 1.165) is 24.4 Å². The number of nitrogens with one attached hydrogen (secondary N) is 1. The van der Waals surface area contributed by atoms with Gasteiger partial charge in [0.25, 0.3) is 0 Å². The van der Waals surface area contributed by atoms with E-state index < -0.39 is 0 Å². The molecule has 0 aliphatic rings.